The lowest BCUT2D eigenvalue weighted by Crippen LogP contribution is -2.14. The fourth-order valence-corrected chi connectivity index (χ4v) is 3.30. The van der Waals surface area contributed by atoms with Crippen molar-refractivity contribution in [1.82, 2.24) is 0 Å². The molecule has 2 aromatic rings. The minimum absolute atomic E-state index is 0.0239. The van der Waals surface area contributed by atoms with E-state index >= 15 is 0 Å². The Labute approximate surface area is 123 Å². The van der Waals surface area contributed by atoms with E-state index in [0.29, 0.717) is 5.56 Å². The summed E-state index contributed by atoms with van der Waals surface area (Å²) in [7, 11) is -3.75. The van der Waals surface area contributed by atoms with E-state index in [0.717, 1.165) is 5.56 Å². The van der Waals surface area contributed by atoms with Crippen LogP contribution in [-0.2, 0) is 10.0 Å². The normalized spacial score (nSPS) is 11.1. The Kier molecular flexibility index (Phi) is 3.99. The molecule has 0 unspecified atom stereocenters. The lowest BCUT2D eigenvalue weighted by molar-refractivity contribution is 0.0697. The lowest BCUT2D eigenvalue weighted by atomic mass is 10.2. The summed E-state index contributed by atoms with van der Waals surface area (Å²) in [6, 6.07) is 10.7. The second-order valence-electron chi connectivity index (χ2n) is 4.76. The maximum absolute atomic E-state index is 12.4. The highest BCUT2D eigenvalue weighted by Crippen LogP contribution is 2.21. The number of carbonyl (C=O) groups is 1. The molecule has 0 aliphatic heterocycles. The molecule has 0 aliphatic carbocycles. The van der Waals surface area contributed by atoms with Gasteiger partial charge >= 0.3 is 5.97 Å². The quantitative estimate of drug-likeness (QED) is 0.909. The van der Waals surface area contributed by atoms with E-state index in [1.807, 2.05) is 6.92 Å². The fraction of sp³-hybridized carbons (Fsp3) is 0.133. The van der Waals surface area contributed by atoms with Crippen molar-refractivity contribution in [3.63, 3.8) is 0 Å². The van der Waals surface area contributed by atoms with E-state index in [2.05, 4.69) is 4.72 Å². The van der Waals surface area contributed by atoms with E-state index in [-0.39, 0.29) is 16.1 Å². The van der Waals surface area contributed by atoms with Gasteiger partial charge in [0.05, 0.1) is 10.5 Å². The van der Waals surface area contributed by atoms with Crippen LogP contribution in [0.2, 0.25) is 0 Å². The van der Waals surface area contributed by atoms with Gasteiger partial charge in [0.1, 0.15) is 0 Å². The molecule has 0 radical (unpaired) electrons. The second kappa shape index (κ2) is 5.57. The minimum Gasteiger partial charge on any atom is -0.478 e. The van der Waals surface area contributed by atoms with E-state index in [1.54, 1.807) is 19.1 Å². The van der Waals surface area contributed by atoms with Gasteiger partial charge in [-0.25, -0.2) is 13.2 Å². The molecule has 0 heterocycles. The Morgan fingerprint density at radius 2 is 1.81 bits per heavy atom. The van der Waals surface area contributed by atoms with Crippen molar-refractivity contribution in [2.45, 2.75) is 18.7 Å². The molecule has 110 valence electrons. The zero-order chi connectivity index (χ0) is 15.6. The van der Waals surface area contributed by atoms with Gasteiger partial charge in [-0.05, 0) is 43.7 Å². The number of sulfonamides is 1. The van der Waals surface area contributed by atoms with Gasteiger partial charge in [-0.15, -0.1) is 0 Å². The van der Waals surface area contributed by atoms with Crippen molar-refractivity contribution in [2.75, 3.05) is 4.72 Å². The summed E-state index contributed by atoms with van der Waals surface area (Å²) in [6.45, 7) is 3.60. The van der Waals surface area contributed by atoms with Gasteiger partial charge in [0, 0.05) is 5.69 Å². The van der Waals surface area contributed by atoms with Crippen LogP contribution in [-0.4, -0.2) is 19.5 Å². The third-order valence-corrected chi connectivity index (χ3v) is 4.52. The molecule has 2 aromatic carbocycles. The van der Waals surface area contributed by atoms with Crippen molar-refractivity contribution in [3.8, 4) is 0 Å². The zero-order valence-electron chi connectivity index (χ0n) is 11.6. The van der Waals surface area contributed by atoms with Crippen molar-refractivity contribution in [2.24, 2.45) is 0 Å². The van der Waals surface area contributed by atoms with E-state index in [4.69, 9.17) is 5.11 Å². The van der Waals surface area contributed by atoms with Gasteiger partial charge in [-0.1, -0.05) is 23.8 Å². The van der Waals surface area contributed by atoms with Crippen molar-refractivity contribution in [1.29, 1.82) is 0 Å². The molecule has 0 fully saturated rings. The zero-order valence-corrected chi connectivity index (χ0v) is 12.4. The first-order chi connectivity index (χ1) is 9.79. The topological polar surface area (TPSA) is 83.5 Å². The Hall–Kier alpha value is -2.34. The maximum atomic E-state index is 12.4. The molecule has 2 N–H and O–H groups in total. The first kappa shape index (κ1) is 15.1. The highest BCUT2D eigenvalue weighted by atomic mass is 32.2. The molecule has 6 heteroatoms. The summed E-state index contributed by atoms with van der Waals surface area (Å²) in [5.74, 6) is -1.11. The van der Waals surface area contributed by atoms with Crippen LogP contribution in [0.4, 0.5) is 5.69 Å². The number of aromatic carboxylic acids is 1. The molecule has 2 rings (SSSR count). The van der Waals surface area contributed by atoms with Crippen molar-refractivity contribution in [3.05, 3.63) is 59.2 Å². The van der Waals surface area contributed by atoms with Crippen LogP contribution < -0.4 is 4.72 Å². The van der Waals surface area contributed by atoms with Crippen LogP contribution in [0.5, 0.6) is 0 Å². The molecule has 0 atom stereocenters. The molecular formula is C15H15NO4S. The molecule has 0 aromatic heterocycles. The number of carboxylic acids is 1. The third-order valence-electron chi connectivity index (χ3n) is 2.98. The predicted molar refractivity (Wildman–Crippen MR) is 80.1 cm³/mol. The largest absolute Gasteiger partial charge is 0.478 e. The Morgan fingerprint density at radius 1 is 1.10 bits per heavy atom. The average molecular weight is 305 g/mol. The Balaban J connectivity index is 2.37. The molecule has 0 saturated carbocycles. The van der Waals surface area contributed by atoms with Crippen LogP contribution in [0.1, 0.15) is 21.5 Å². The van der Waals surface area contributed by atoms with Crippen LogP contribution >= 0.6 is 0 Å². The fourth-order valence-electron chi connectivity index (χ4n) is 2.03. The van der Waals surface area contributed by atoms with Crippen LogP contribution in [0.25, 0.3) is 0 Å². The van der Waals surface area contributed by atoms with Gasteiger partial charge < -0.3 is 5.11 Å². The monoisotopic (exact) mass is 305 g/mol. The summed E-state index contributed by atoms with van der Waals surface area (Å²) < 4.78 is 27.1. The summed E-state index contributed by atoms with van der Waals surface area (Å²) in [5, 5.41) is 8.92. The minimum atomic E-state index is -3.75. The predicted octanol–water partition coefficient (Wildman–Crippen LogP) is 2.80. The molecule has 0 aliphatic rings. The summed E-state index contributed by atoms with van der Waals surface area (Å²) in [6.07, 6.45) is 0. The number of carboxylic acid groups (broad SMARTS) is 1. The highest BCUT2D eigenvalue weighted by Gasteiger charge is 2.17. The van der Waals surface area contributed by atoms with Crippen LogP contribution in [0.15, 0.2) is 47.4 Å². The van der Waals surface area contributed by atoms with Gasteiger partial charge in [0.25, 0.3) is 10.0 Å². The van der Waals surface area contributed by atoms with E-state index in [1.165, 1.54) is 30.3 Å². The number of benzene rings is 2. The van der Waals surface area contributed by atoms with Gasteiger partial charge in [-0.2, -0.15) is 0 Å². The number of hydrogen-bond donors (Lipinski definition) is 2. The van der Waals surface area contributed by atoms with Gasteiger partial charge in [0.2, 0.25) is 0 Å². The van der Waals surface area contributed by atoms with E-state index < -0.39 is 16.0 Å². The molecule has 0 amide bonds. The van der Waals surface area contributed by atoms with Gasteiger partial charge in [0.15, 0.2) is 0 Å². The second-order valence-corrected chi connectivity index (χ2v) is 6.41. The molecule has 5 nitrogen and oxygen atoms in total. The smallest absolute Gasteiger partial charge is 0.335 e. The maximum Gasteiger partial charge on any atom is 0.335 e. The molecular weight excluding hydrogens is 290 g/mol. The van der Waals surface area contributed by atoms with Gasteiger partial charge in [-0.3, -0.25) is 4.72 Å². The number of rotatable bonds is 4. The standard InChI is InChI=1S/C15H15NO4S/c1-10-6-7-14(11(2)8-10)21(19,20)16-13-5-3-4-12(9-13)15(17)18/h3-9,16H,1-2H3,(H,17,18). The molecule has 0 spiro atoms. The molecule has 21 heavy (non-hydrogen) atoms. The average Bonchev–Trinajstić information content (AvgIpc) is 2.37. The number of anilines is 1. The third kappa shape index (κ3) is 3.41. The Morgan fingerprint density at radius 3 is 2.43 bits per heavy atom. The molecule has 0 bridgehead atoms. The Bertz CT molecular complexity index is 797. The highest BCUT2D eigenvalue weighted by molar-refractivity contribution is 7.92. The number of hydrogen-bond acceptors (Lipinski definition) is 3. The SMILES string of the molecule is Cc1ccc(S(=O)(=O)Nc2cccc(C(=O)O)c2)c(C)c1. The summed E-state index contributed by atoms with van der Waals surface area (Å²) in [5.41, 5.74) is 1.85. The van der Waals surface area contributed by atoms with Crippen LogP contribution in [0, 0.1) is 13.8 Å². The van der Waals surface area contributed by atoms with Crippen molar-refractivity contribution >= 4 is 21.7 Å². The summed E-state index contributed by atoms with van der Waals surface area (Å²) in [4.78, 5) is 11.1. The number of aryl methyl sites for hydroxylation is 2. The van der Waals surface area contributed by atoms with Crippen LogP contribution in [0.3, 0.4) is 0 Å². The lowest BCUT2D eigenvalue weighted by Gasteiger charge is -2.11. The number of nitrogens with one attached hydrogen (secondary N) is 1. The van der Waals surface area contributed by atoms with Crippen molar-refractivity contribution < 1.29 is 18.3 Å². The first-order valence-electron chi connectivity index (χ1n) is 6.23. The van der Waals surface area contributed by atoms with E-state index in [9.17, 15) is 13.2 Å². The molecule has 0 saturated heterocycles. The summed E-state index contributed by atoms with van der Waals surface area (Å²) >= 11 is 0. The first-order valence-corrected chi connectivity index (χ1v) is 7.71.